The highest BCUT2D eigenvalue weighted by atomic mass is 16.5. The predicted molar refractivity (Wildman–Crippen MR) is 111 cm³/mol. The third kappa shape index (κ3) is 5.84. The Hall–Kier alpha value is -2.82. The van der Waals surface area contributed by atoms with E-state index in [2.05, 4.69) is 19.2 Å². The maximum atomic E-state index is 12.9. The third-order valence-electron chi connectivity index (χ3n) is 4.76. The molecule has 2 aromatic rings. The minimum absolute atomic E-state index is 0.117. The van der Waals surface area contributed by atoms with Crippen molar-refractivity contribution < 1.29 is 14.3 Å². The molecule has 0 radical (unpaired) electrons. The van der Waals surface area contributed by atoms with Gasteiger partial charge in [-0.1, -0.05) is 55.8 Å². The molecule has 0 aliphatic carbocycles. The molecule has 2 amide bonds. The van der Waals surface area contributed by atoms with Crippen LogP contribution in [0.1, 0.15) is 43.4 Å². The van der Waals surface area contributed by atoms with Gasteiger partial charge in [0, 0.05) is 13.6 Å². The van der Waals surface area contributed by atoms with Gasteiger partial charge in [-0.3, -0.25) is 9.59 Å². The Balaban J connectivity index is 2.10. The molecule has 0 bridgehead atoms. The normalized spacial score (nSPS) is 11.8. The van der Waals surface area contributed by atoms with Gasteiger partial charge in [-0.25, -0.2) is 0 Å². The van der Waals surface area contributed by atoms with Crippen molar-refractivity contribution in [3.8, 4) is 5.75 Å². The Morgan fingerprint density at radius 3 is 2.32 bits per heavy atom. The molecule has 28 heavy (non-hydrogen) atoms. The fourth-order valence-corrected chi connectivity index (χ4v) is 2.98. The lowest BCUT2D eigenvalue weighted by Crippen LogP contribution is -2.48. The molecule has 0 saturated carbocycles. The van der Waals surface area contributed by atoms with E-state index in [-0.39, 0.29) is 18.4 Å². The molecule has 5 nitrogen and oxygen atoms in total. The average Bonchev–Trinajstić information content (AvgIpc) is 2.69. The second kappa shape index (κ2) is 9.93. The minimum Gasteiger partial charge on any atom is -0.484 e. The van der Waals surface area contributed by atoms with Crippen molar-refractivity contribution in [1.29, 1.82) is 0 Å². The Bertz CT molecular complexity index is 800. The van der Waals surface area contributed by atoms with Gasteiger partial charge in [-0.05, 0) is 43.0 Å². The SMILES string of the molecule is CNC(=O)C(C)N(Cc1cccc(C)c1)C(=O)COc1ccc(C(C)C)cc1. The van der Waals surface area contributed by atoms with E-state index in [0.29, 0.717) is 18.2 Å². The number of carbonyl (C=O) groups excluding carboxylic acids is 2. The summed E-state index contributed by atoms with van der Waals surface area (Å²) in [7, 11) is 1.57. The van der Waals surface area contributed by atoms with Crippen molar-refractivity contribution in [2.24, 2.45) is 0 Å². The van der Waals surface area contributed by atoms with E-state index in [1.807, 2.05) is 55.5 Å². The number of likely N-dealkylation sites (N-methyl/N-ethyl adjacent to an activating group) is 1. The lowest BCUT2D eigenvalue weighted by Gasteiger charge is -2.28. The van der Waals surface area contributed by atoms with E-state index in [4.69, 9.17) is 4.74 Å². The number of nitrogens with zero attached hydrogens (tertiary/aromatic N) is 1. The van der Waals surface area contributed by atoms with Gasteiger partial charge in [0.1, 0.15) is 11.8 Å². The molecule has 2 aromatic carbocycles. The van der Waals surface area contributed by atoms with Gasteiger partial charge >= 0.3 is 0 Å². The Kier molecular flexibility index (Phi) is 7.61. The lowest BCUT2D eigenvalue weighted by molar-refractivity contribution is -0.142. The fraction of sp³-hybridized carbons (Fsp3) is 0.391. The van der Waals surface area contributed by atoms with Gasteiger partial charge in [0.15, 0.2) is 6.61 Å². The molecule has 0 saturated heterocycles. The van der Waals surface area contributed by atoms with E-state index >= 15 is 0 Å². The van der Waals surface area contributed by atoms with Crippen molar-refractivity contribution in [2.75, 3.05) is 13.7 Å². The maximum absolute atomic E-state index is 12.9. The largest absolute Gasteiger partial charge is 0.484 e. The fourth-order valence-electron chi connectivity index (χ4n) is 2.98. The van der Waals surface area contributed by atoms with Crippen molar-refractivity contribution in [1.82, 2.24) is 10.2 Å². The summed E-state index contributed by atoms with van der Waals surface area (Å²) < 4.78 is 5.69. The van der Waals surface area contributed by atoms with E-state index in [0.717, 1.165) is 11.1 Å². The zero-order valence-electron chi connectivity index (χ0n) is 17.4. The van der Waals surface area contributed by atoms with Crippen LogP contribution in [0, 0.1) is 6.92 Å². The summed E-state index contributed by atoms with van der Waals surface area (Å²) in [6, 6.07) is 15.1. The second-order valence-corrected chi connectivity index (χ2v) is 7.31. The smallest absolute Gasteiger partial charge is 0.261 e. The molecular weight excluding hydrogens is 352 g/mol. The number of amides is 2. The number of hydrogen-bond acceptors (Lipinski definition) is 3. The number of rotatable bonds is 8. The number of hydrogen-bond donors (Lipinski definition) is 1. The first-order valence-corrected chi connectivity index (χ1v) is 9.61. The van der Waals surface area contributed by atoms with Crippen LogP contribution in [0.4, 0.5) is 0 Å². The Morgan fingerprint density at radius 2 is 1.75 bits per heavy atom. The molecule has 0 heterocycles. The van der Waals surface area contributed by atoms with Gasteiger partial charge in [-0.2, -0.15) is 0 Å². The van der Waals surface area contributed by atoms with E-state index in [9.17, 15) is 9.59 Å². The molecule has 0 aromatic heterocycles. The van der Waals surface area contributed by atoms with E-state index in [1.165, 1.54) is 5.56 Å². The van der Waals surface area contributed by atoms with Crippen LogP contribution in [0.15, 0.2) is 48.5 Å². The molecular formula is C23H30N2O3. The average molecular weight is 383 g/mol. The Labute approximate surface area is 167 Å². The summed E-state index contributed by atoms with van der Waals surface area (Å²) in [5.41, 5.74) is 3.30. The van der Waals surface area contributed by atoms with Gasteiger partial charge in [0.2, 0.25) is 5.91 Å². The molecule has 0 fully saturated rings. The van der Waals surface area contributed by atoms with Crippen molar-refractivity contribution >= 4 is 11.8 Å². The maximum Gasteiger partial charge on any atom is 0.261 e. The summed E-state index contributed by atoms with van der Waals surface area (Å²) in [5.74, 6) is 0.641. The topological polar surface area (TPSA) is 58.6 Å². The summed E-state index contributed by atoms with van der Waals surface area (Å²) in [6.45, 7) is 8.22. The highest BCUT2D eigenvalue weighted by molar-refractivity contribution is 5.87. The van der Waals surface area contributed by atoms with Crippen molar-refractivity contribution in [2.45, 2.75) is 46.2 Å². The summed E-state index contributed by atoms with van der Waals surface area (Å²) in [4.78, 5) is 26.6. The zero-order chi connectivity index (χ0) is 20.7. The molecule has 5 heteroatoms. The van der Waals surface area contributed by atoms with Crippen LogP contribution in [0.2, 0.25) is 0 Å². The van der Waals surface area contributed by atoms with Gasteiger partial charge < -0.3 is 15.0 Å². The number of benzene rings is 2. The van der Waals surface area contributed by atoms with Crippen molar-refractivity contribution in [3.05, 3.63) is 65.2 Å². The predicted octanol–water partition coefficient (Wildman–Crippen LogP) is 3.66. The molecule has 1 atom stereocenters. The first-order chi connectivity index (χ1) is 13.3. The van der Waals surface area contributed by atoms with Crippen LogP contribution in [0.3, 0.4) is 0 Å². The molecule has 2 rings (SSSR count). The highest BCUT2D eigenvalue weighted by Crippen LogP contribution is 2.19. The van der Waals surface area contributed by atoms with Gasteiger partial charge in [0.25, 0.3) is 5.91 Å². The molecule has 1 unspecified atom stereocenters. The van der Waals surface area contributed by atoms with Crippen molar-refractivity contribution in [3.63, 3.8) is 0 Å². The Morgan fingerprint density at radius 1 is 1.07 bits per heavy atom. The first-order valence-electron chi connectivity index (χ1n) is 9.61. The summed E-state index contributed by atoms with van der Waals surface area (Å²) in [5, 5.41) is 2.61. The monoisotopic (exact) mass is 382 g/mol. The highest BCUT2D eigenvalue weighted by Gasteiger charge is 2.25. The van der Waals surface area contributed by atoms with Crippen LogP contribution in [0.5, 0.6) is 5.75 Å². The molecule has 0 aliphatic rings. The number of nitrogens with one attached hydrogen (secondary N) is 1. The van der Waals surface area contributed by atoms with Gasteiger partial charge in [0.05, 0.1) is 0 Å². The second-order valence-electron chi connectivity index (χ2n) is 7.31. The van der Waals surface area contributed by atoms with Crippen LogP contribution < -0.4 is 10.1 Å². The van der Waals surface area contributed by atoms with Crippen LogP contribution >= 0.6 is 0 Å². The molecule has 1 N–H and O–H groups in total. The molecule has 0 spiro atoms. The minimum atomic E-state index is -0.593. The van der Waals surface area contributed by atoms with E-state index in [1.54, 1.807) is 18.9 Å². The number of carbonyl (C=O) groups is 2. The summed E-state index contributed by atoms with van der Waals surface area (Å²) >= 11 is 0. The van der Waals surface area contributed by atoms with Crippen LogP contribution in [0.25, 0.3) is 0 Å². The third-order valence-corrected chi connectivity index (χ3v) is 4.76. The summed E-state index contributed by atoms with van der Waals surface area (Å²) in [6.07, 6.45) is 0. The molecule has 0 aliphatic heterocycles. The zero-order valence-corrected chi connectivity index (χ0v) is 17.4. The van der Waals surface area contributed by atoms with Crippen LogP contribution in [-0.4, -0.2) is 36.4 Å². The quantitative estimate of drug-likeness (QED) is 0.758. The molecule has 150 valence electrons. The van der Waals surface area contributed by atoms with E-state index < -0.39 is 6.04 Å². The number of aryl methyl sites for hydroxylation is 1. The standard InChI is InChI=1S/C23H30N2O3/c1-16(2)20-9-11-21(12-10-20)28-15-22(26)25(18(4)23(27)24-5)14-19-8-6-7-17(3)13-19/h6-13,16,18H,14-15H2,1-5H3,(H,24,27). The first kappa shape index (κ1) is 21.5. The van der Waals surface area contributed by atoms with Gasteiger partial charge in [-0.15, -0.1) is 0 Å². The number of ether oxygens (including phenoxy) is 1. The van der Waals surface area contributed by atoms with Crippen LogP contribution in [-0.2, 0) is 16.1 Å². The lowest BCUT2D eigenvalue weighted by atomic mass is 10.0.